The van der Waals surface area contributed by atoms with Crippen LogP contribution in [-0.2, 0) is 19.0 Å². The summed E-state index contributed by atoms with van der Waals surface area (Å²) < 4.78 is 28.9. The van der Waals surface area contributed by atoms with Crippen LogP contribution in [0.2, 0.25) is 0 Å². The SMILES string of the molecule is COC(=O)C(C/C(F)=C/C(CO)NC(=O)OC(C)(C)C)NC(=O)OC(C)(C)C. The van der Waals surface area contributed by atoms with Crippen LogP contribution < -0.4 is 10.6 Å². The molecule has 0 saturated heterocycles. The van der Waals surface area contributed by atoms with Crippen LogP contribution in [0.3, 0.4) is 0 Å². The molecule has 0 rings (SSSR count). The zero-order chi connectivity index (χ0) is 22.1. The van der Waals surface area contributed by atoms with E-state index in [-0.39, 0.29) is 0 Å². The molecular formula is C18H31FN2O7. The van der Waals surface area contributed by atoms with E-state index >= 15 is 0 Å². The Bertz CT molecular complexity index is 579. The first-order valence-corrected chi connectivity index (χ1v) is 8.70. The number of ether oxygens (including phenoxy) is 3. The lowest BCUT2D eigenvalue weighted by atomic mass is 10.1. The number of hydrogen-bond acceptors (Lipinski definition) is 7. The molecule has 2 atom stereocenters. The van der Waals surface area contributed by atoms with Crippen LogP contribution in [0.1, 0.15) is 48.0 Å². The molecule has 0 bridgehead atoms. The van der Waals surface area contributed by atoms with E-state index in [9.17, 15) is 23.9 Å². The number of aliphatic hydroxyl groups is 1. The molecule has 2 unspecified atom stereocenters. The molecule has 0 fully saturated rings. The van der Waals surface area contributed by atoms with Crippen LogP contribution in [0, 0.1) is 0 Å². The van der Waals surface area contributed by atoms with Crippen molar-refractivity contribution < 1.29 is 38.1 Å². The van der Waals surface area contributed by atoms with Crippen molar-refractivity contribution in [2.45, 2.75) is 71.2 Å². The first-order valence-electron chi connectivity index (χ1n) is 8.70. The van der Waals surface area contributed by atoms with Crippen LogP contribution in [0.5, 0.6) is 0 Å². The average molecular weight is 406 g/mol. The number of carbonyl (C=O) groups excluding carboxylic acids is 3. The first-order chi connectivity index (χ1) is 12.7. The minimum atomic E-state index is -1.35. The van der Waals surface area contributed by atoms with Crippen LogP contribution >= 0.6 is 0 Å². The number of nitrogens with one attached hydrogen (secondary N) is 2. The monoisotopic (exact) mass is 406 g/mol. The molecule has 0 aromatic heterocycles. The zero-order valence-corrected chi connectivity index (χ0v) is 17.4. The summed E-state index contributed by atoms with van der Waals surface area (Å²) >= 11 is 0. The molecule has 0 spiro atoms. The lowest BCUT2D eigenvalue weighted by molar-refractivity contribution is -0.143. The Kier molecular flexibility index (Phi) is 9.93. The topological polar surface area (TPSA) is 123 Å². The summed E-state index contributed by atoms with van der Waals surface area (Å²) in [7, 11) is 1.09. The van der Waals surface area contributed by atoms with Gasteiger partial charge in [0.1, 0.15) is 23.1 Å². The number of rotatable bonds is 7. The van der Waals surface area contributed by atoms with Gasteiger partial charge in [0.25, 0.3) is 0 Å². The second-order valence-electron chi connectivity index (χ2n) is 7.97. The van der Waals surface area contributed by atoms with E-state index in [0.29, 0.717) is 0 Å². The van der Waals surface area contributed by atoms with E-state index in [0.717, 1.165) is 13.2 Å². The second-order valence-corrected chi connectivity index (χ2v) is 7.97. The fourth-order valence-electron chi connectivity index (χ4n) is 1.87. The Morgan fingerprint density at radius 3 is 1.86 bits per heavy atom. The van der Waals surface area contributed by atoms with Crippen molar-refractivity contribution >= 4 is 18.2 Å². The fraction of sp³-hybridized carbons (Fsp3) is 0.722. The first kappa shape index (κ1) is 25.6. The molecule has 0 aromatic rings. The predicted octanol–water partition coefficient (Wildman–Crippen LogP) is 2.18. The minimum absolute atomic E-state index is 0.557. The van der Waals surface area contributed by atoms with Crippen molar-refractivity contribution in [2.75, 3.05) is 13.7 Å². The van der Waals surface area contributed by atoms with Gasteiger partial charge >= 0.3 is 18.2 Å². The van der Waals surface area contributed by atoms with Crippen LogP contribution in [0.25, 0.3) is 0 Å². The van der Waals surface area contributed by atoms with Crippen molar-refractivity contribution in [3.63, 3.8) is 0 Å². The van der Waals surface area contributed by atoms with Gasteiger partial charge in [-0.05, 0) is 47.6 Å². The Morgan fingerprint density at radius 2 is 1.46 bits per heavy atom. The van der Waals surface area contributed by atoms with Crippen LogP contribution in [0.15, 0.2) is 11.9 Å². The van der Waals surface area contributed by atoms with E-state index in [2.05, 4.69) is 15.4 Å². The summed E-state index contributed by atoms with van der Waals surface area (Å²) in [4.78, 5) is 35.4. The van der Waals surface area contributed by atoms with Crippen LogP contribution in [-0.4, -0.2) is 60.3 Å². The van der Waals surface area contributed by atoms with Gasteiger partial charge in [-0.2, -0.15) is 0 Å². The van der Waals surface area contributed by atoms with E-state index in [1.165, 1.54) is 0 Å². The van der Waals surface area contributed by atoms with E-state index in [4.69, 9.17) is 9.47 Å². The third-order valence-corrected chi connectivity index (χ3v) is 2.86. The van der Waals surface area contributed by atoms with Gasteiger partial charge in [0.15, 0.2) is 0 Å². The van der Waals surface area contributed by atoms with Gasteiger partial charge in [0, 0.05) is 6.42 Å². The highest BCUT2D eigenvalue weighted by Gasteiger charge is 2.27. The van der Waals surface area contributed by atoms with Crippen molar-refractivity contribution in [1.29, 1.82) is 0 Å². The molecule has 0 aliphatic heterocycles. The Hall–Kier alpha value is -2.36. The van der Waals surface area contributed by atoms with E-state index in [1.807, 2.05) is 0 Å². The highest BCUT2D eigenvalue weighted by molar-refractivity contribution is 5.81. The van der Waals surface area contributed by atoms with Gasteiger partial charge in [-0.15, -0.1) is 0 Å². The van der Waals surface area contributed by atoms with Gasteiger partial charge in [0.2, 0.25) is 0 Å². The maximum Gasteiger partial charge on any atom is 0.408 e. The average Bonchev–Trinajstić information content (AvgIpc) is 2.48. The number of hydrogen-bond donors (Lipinski definition) is 3. The highest BCUT2D eigenvalue weighted by Crippen LogP contribution is 2.13. The smallest absolute Gasteiger partial charge is 0.408 e. The van der Waals surface area contributed by atoms with Gasteiger partial charge < -0.3 is 30.0 Å². The molecule has 2 amide bonds. The number of esters is 1. The summed E-state index contributed by atoms with van der Waals surface area (Å²) in [6.07, 6.45) is -1.40. The molecule has 0 aromatic carbocycles. The van der Waals surface area contributed by atoms with Crippen molar-refractivity contribution in [1.82, 2.24) is 10.6 Å². The molecule has 0 saturated carbocycles. The number of aliphatic hydroxyl groups excluding tert-OH is 1. The van der Waals surface area contributed by atoms with E-state index < -0.39 is 60.3 Å². The molecule has 10 heteroatoms. The third kappa shape index (κ3) is 12.1. The number of alkyl carbamates (subject to hydrolysis) is 2. The van der Waals surface area contributed by atoms with Gasteiger partial charge in [0.05, 0.1) is 19.8 Å². The molecule has 3 N–H and O–H groups in total. The molecule has 0 aliphatic carbocycles. The Balaban J connectivity index is 5.06. The Labute approximate surface area is 164 Å². The quantitative estimate of drug-likeness (QED) is 0.437. The second kappa shape index (κ2) is 10.8. The number of carbonyl (C=O) groups is 3. The lowest BCUT2D eigenvalue weighted by Crippen LogP contribution is -2.44. The van der Waals surface area contributed by atoms with Gasteiger partial charge in [-0.3, -0.25) is 0 Å². The summed E-state index contributed by atoms with van der Waals surface area (Å²) in [5, 5.41) is 13.8. The standard InChI is InChI=1S/C18H31FN2O7/c1-17(2,3)27-15(24)20-12(10-22)8-11(19)9-13(14(23)26-7)21-16(25)28-18(4,5)6/h8,12-13,22H,9-10H2,1-7H3,(H,20,24)(H,21,25)/b11-8-. The highest BCUT2D eigenvalue weighted by atomic mass is 19.1. The minimum Gasteiger partial charge on any atom is -0.467 e. The van der Waals surface area contributed by atoms with Crippen molar-refractivity contribution in [3.05, 3.63) is 11.9 Å². The fourth-order valence-corrected chi connectivity index (χ4v) is 1.87. The van der Waals surface area contributed by atoms with Crippen LogP contribution in [0.4, 0.5) is 14.0 Å². The summed E-state index contributed by atoms with van der Waals surface area (Å²) in [6.45, 7) is 9.26. The molecule has 0 heterocycles. The normalized spacial score (nSPS) is 14.5. The number of amides is 2. The summed E-state index contributed by atoms with van der Waals surface area (Å²) in [5.41, 5.74) is -1.57. The maximum atomic E-state index is 14.3. The molecule has 162 valence electrons. The molecule has 0 aliphatic rings. The Morgan fingerprint density at radius 1 is 1.00 bits per heavy atom. The van der Waals surface area contributed by atoms with Gasteiger partial charge in [-0.1, -0.05) is 0 Å². The molecule has 28 heavy (non-hydrogen) atoms. The van der Waals surface area contributed by atoms with Crippen molar-refractivity contribution in [3.8, 4) is 0 Å². The largest absolute Gasteiger partial charge is 0.467 e. The predicted molar refractivity (Wildman–Crippen MR) is 99.2 cm³/mol. The summed E-state index contributed by atoms with van der Waals surface area (Å²) in [6, 6.07) is -2.44. The summed E-state index contributed by atoms with van der Waals surface area (Å²) in [5.74, 6) is -1.74. The zero-order valence-electron chi connectivity index (χ0n) is 17.4. The molecule has 0 radical (unpaired) electrons. The maximum absolute atomic E-state index is 14.3. The van der Waals surface area contributed by atoms with E-state index in [1.54, 1.807) is 41.5 Å². The molecular weight excluding hydrogens is 375 g/mol. The molecule has 9 nitrogen and oxygen atoms in total. The number of methoxy groups -OCH3 is 1. The third-order valence-electron chi connectivity index (χ3n) is 2.86. The number of halogens is 1. The lowest BCUT2D eigenvalue weighted by Gasteiger charge is -2.23. The van der Waals surface area contributed by atoms with Crippen molar-refractivity contribution in [2.24, 2.45) is 0 Å². The van der Waals surface area contributed by atoms with Gasteiger partial charge in [-0.25, -0.2) is 18.8 Å².